The first-order valence-corrected chi connectivity index (χ1v) is 8.23. The Morgan fingerprint density at radius 3 is 2.35 bits per heavy atom. The van der Waals surface area contributed by atoms with Gasteiger partial charge in [-0.2, -0.15) is 0 Å². The molecule has 5 nitrogen and oxygen atoms in total. The van der Waals surface area contributed by atoms with Gasteiger partial charge in [-0.15, -0.1) is 0 Å². The first-order chi connectivity index (χ1) is 10.8. The summed E-state index contributed by atoms with van der Waals surface area (Å²) in [5.41, 5.74) is 1.81. The first kappa shape index (κ1) is 17.8. The Labute approximate surface area is 138 Å². The molecule has 1 fully saturated rings. The second-order valence-electron chi connectivity index (χ2n) is 7.02. The molecule has 0 radical (unpaired) electrons. The van der Waals surface area contributed by atoms with Gasteiger partial charge < -0.3 is 20.1 Å². The smallest absolute Gasteiger partial charge is 0.407 e. The van der Waals surface area contributed by atoms with E-state index >= 15 is 0 Å². The van der Waals surface area contributed by atoms with Gasteiger partial charge in [-0.3, -0.25) is 0 Å². The van der Waals surface area contributed by atoms with Crippen molar-refractivity contribution in [3.05, 3.63) is 35.4 Å². The lowest BCUT2D eigenvalue weighted by Gasteiger charge is -2.19. The predicted octanol–water partition coefficient (Wildman–Crippen LogP) is 2.98. The highest BCUT2D eigenvalue weighted by atomic mass is 16.6. The number of hydrogen-bond acceptors (Lipinski definition) is 4. The van der Waals surface area contributed by atoms with Crippen LogP contribution < -0.4 is 10.6 Å². The van der Waals surface area contributed by atoms with Crippen molar-refractivity contribution in [1.82, 2.24) is 10.6 Å². The van der Waals surface area contributed by atoms with Crippen molar-refractivity contribution in [2.45, 2.75) is 65.0 Å². The first-order valence-electron chi connectivity index (χ1n) is 8.23. The van der Waals surface area contributed by atoms with E-state index in [0.717, 1.165) is 25.1 Å². The minimum atomic E-state index is -0.472. The maximum absolute atomic E-state index is 11.6. The average Bonchev–Trinajstić information content (AvgIpc) is 2.87. The van der Waals surface area contributed by atoms with Crippen molar-refractivity contribution in [3.8, 4) is 0 Å². The maximum Gasteiger partial charge on any atom is 0.407 e. The highest BCUT2D eigenvalue weighted by Gasteiger charge is 2.23. The summed E-state index contributed by atoms with van der Waals surface area (Å²) in [5.74, 6) is 0. The van der Waals surface area contributed by atoms with Crippen molar-refractivity contribution in [2.24, 2.45) is 0 Å². The van der Waals surface area contributed by atoms with Crippen molar-refractivity contribution < 1.29 is 14.3 Å². The Balaban J connectivity index is 1.75. The second-order valence-corrected chi connectivity index (χ2v) is 7.02. The van der Waals surface area contributed by atoms with Crippen LogP contribution in [0.15, 0.2) is 24.3 Å². The SMILES string of the molecule is CC1OCCC1NCc1ccc(CNC(=O)OC(C)(C)C)cc1. The maximum atomic E-state index is 11.6. The summed E-state index contributed by atoms with van der Waals surface area (Å²) >= 11 is 0. The summed E-state index contributed by atoms with van der Waals surface area (Å²) in [6.45, 7) is 9.80. The number of hydrogen-bond donors (Lipinski definition) is 2. The number of carbonyl (C=O) groups is 1. The van der Waals surface area contributed by atoms with E-state index in [2.05, 4.69) is 29.7 Å². The van der Waals surface area contributed by atoms with Crippen LogP contribution in [0.2, 0.25) is 0 Å². The average molecular weight is 320 g/mol. The van der Waals surface area contributed by atoms with Crippen LogP contribution in [0.5, 0.6) is 0 Å². The van der Waals surface area contributed by atoms with E-state index in [0.29, 0.717) is 12.6 Å². The molecule has 0 saturated carbocycles. The molecule has 2 N–H and O–H groups in total. The lowest BCUT2D eigenvalue weighted by Crippen LogP contribution is -2.34. The summed E-state index contributed by atoms with van der Waals surface area (Å²) in [6, 6.07) is 8.66. The van der Waals surface area contributed by atoms with Crippen LogP contribution >= 0.6 is 0 Å². The van der Waals surface area contributed by atoms with E-state index in [1.165, 1.54) is 5.56 Å². The molecule has 0 spiro atoms. The Kier molecular flexibility index (Phi) is 6.02. The third-order valence-electron chi connectivity index (χ3n) is 3.80. The van der Waals surface area contributed by atoms with Crippen molar-refractivity contribution in [3.63, 3.8) is 0 Å². The summed E-state index contributed by atoms with van der Waals surface area (Å²) < 4.78 is 10.8. The number of nitrogens with one attached hydrogen (secondary N) is 2. The molecular formula is C18H28N2O3. The molecule has 5 heteroatoms. The minimum Gasteiger partial charge on any atom is -0.444 e. The van der Waals surface area contributed by atoms with Gasteiger partial charge in [0.1, 0.15) is 5.60 Å². The molecule has 2 atom stereocenters. The number of alkyl carbamates (subject to hydrolysis) is 1. The third-order valence-corrected chi connectivity index (χ3v) is 3.80. The van der Waals surface area contributed by atoms with Gasteiger partial charge in [-0.25, -0.2) is 4.79 Å². The zero-order chi connectivity index (χ0) is 16.9. The standard InChI is InChI=1S/C18H28N2O3/c1-13-16(9-10-22-13)19-11-14-5-7-15(8-6-14)12-20-17(21)23-18(2,3)4/h5-8,13,16,19H,9-12H2,1-4H3,(H,20,21). The van der Waals surface area contributed by atoms with Crippen LogP contribution in [0.4, 0.5) is 4.79 Å². The van der Waals surface area contributed by atoms with Crippen molar-refractivity contribution in [2.75, 3.05) is 6.61 Å². The van der Waals surface area contributed by atoms with Gasteiger partial charge in [-0.1, -0.05) is 24.3 Å². The lowest BCUT2D eigenvalue weighted by atomic mass is 10.1. The van der Waals surface area contributed by atoms with Crippen LogP contribution in [0.1, 0.15) is 45.2 Å². The van der Waals surface area contributed by atoms with Gasteiger partial charge in [0, 0.05) is 25.7 Å². The number of ether oxygens (including phenoxy) is 2. The van der Waals surface area contributed by atoms with Gasteiger partial charge >= 0.3 is 6.09 Å². The molecule has 1 amide bonds. The normalized spacial score (nSPS) is 21.2. The second kappa shape index (κ2) is 7.79. The van der Waals surface area contributed by atoms with Gasteiger partial charge in [0.25, 0.3) is 0 Å². The highest BCUT2D eigenvalue weighted by Crippen LogP contribution is 2.14. The highest BCUT2D eigenvalue weighted by molar-refractivity contribution is 5.67. The molecule has 1 aliphatic rings. The molecule has 0 aromatic heterocycles. The molecule has 1 aliphatic heterocycles. The van der Waals surface area contributed by atoms with Gasteiger partial charge in [0.05, 0.1) is 6.10 Å². The van der Waals surface area contributed by atoms with E-state index in [9.17, 15) is 4.79 Å². The Morgan fingerprint density at radius 1 is 1.22 bits per heavy atom. The van der Waals surface area contributed by atoms with Crippen LogP contribution in [0.3, 0.4) is 0 Å². The van der Waals surface area contributed by atoms with E-state index < -0.39 is 11.7 Å². The van der Waals surface area contributed by atoms with Gasteiger partial charge in [0.15, 0.2) is 0 Å². The topological polar surface area (TPSA) is 59.6 Å². The monoisotopic (exact) mass is 320 g/mol. The molecule has 1 heterocycles. The fourth-order valence-electron chi connectivity index (χ4n) is 2.51. The molecule has 2 unspecified atom stereocenters. The number of amides is 1. The molecule has 128 valence electrons. The molecule has 0 bridgehead atoms. The minimum absolute atomic E-state index is 0.285. The zero-order valence-electron chi connectivity index (χ0n) is 14.5. The molecular weight excluding hydrogens is 292 g/mol. The summed E-state index contributed by atoms with van der Waals surface area (Å²) in [7, 11) is 0. The molecule has 1 aromatic carbocycles. The Bertz CT molecular complexity index is 508. The molecule has 2 rings (SSSR count). The quantitative estimate of drug-likeness (QED) is 0.875. The molecule has 1 aromatic rings. The third kappa shape index (κ3) is 6.20. The van der Waals surface area contributed by atoms with E-state index in [4.69, 9.17) is 9.47 Å². The fourth-order valence-corrected chi connectivity index (χ4v) is 2.51. The summed E-state index contributed by atoms with van der Waals surface area (Å²) in [6.07, 6.45) is 0.963. The summed E-state index contributed by atoms with van der Waals surface area (Å²) in [4.78, 5) is 11.6. The molecule has 0 aliphatic carbocycles. The predicted molar refractivity (Wildman–Crippen MR) is 90.2 cm³/mol. The zero-order valence-corrected chi connectivity index (χ0v) is 14.5. The molecule has 1 saturated heterocycles. The summed E-state index contributed by atoms with van der Waals surface area (Å²) in [5, 5.41) is 6.29. The van der Waals surface area contributed by atoms with E-state index in [-0.39, 0.29) is 6.10 Å². The van der Waals surface area contributed by atoms with Crippen LogP contribution in [0.25, 0.3) is 0 Å². The van der Waals surface area contributed by atoms with Crippen molar-refractivity contribution >= 4 is 6.09 Å². The van der Waals surface area contributed by atoms with Crippen molar-refractivity contribution in [1.29, 1.82) is 0 Å². The number of benzene rings is 1. The fraction of sp³-hybridized carbons (Fsp3) is 0.611. The molecule has 23 heavy (non-hydrogen) atoms. The largest absolute Gasteiger partial charge is 0.444 e. The number of carbonyl (C=O) groups excluding carboxylic acids is 1. The number of rotatable bonds is 5. The lowest BCUT2D eigenvalue weighted by molar-refractivity contribution is 0.0523. The van der Waals surface area contributed by atoms with E-state index in [1.807, 2.05) is 32.9 Å². The van der Waals surface area contributed by atoms with Gasteiger partial charge in [0.2, 0.25) is 0 Å². The van der Waals surface area contributed by atoms with Gasteiger partial charge in [-0.05, 0) is 45.2 Å². The Hall–Kier alpha value is -1.59. The van der Waals surface area contributed by atoms with E-state index in [1.54, 1.807) is 0 Å². The van der Waals surface area contributed by atoms with Crippen LogP contribution in [-0.4, -0.2) is 30.4 Å². The Morgan fingerprint density at radius 2 is 1.83 bits per heavy atom. The van der Waals surface area contributed by atoms with Crippen LogP contribution in [-0.2, 0) is 22.6 Å². The van der Waals surface area contributed by atoms with Crippen LogP contribution in [0, 0.1) is 0 Å².